The van der Waals surface area contributed by atoms with Gasteiger partial charge in [0, 0.05) is 0 Å². The van der Waals surface area contributed by atoms with E-state index >= 15 is 0 Å². The lowest BCUT2D eigenvalue weighted by Crippen LogP contribution is -2.52. The van der Waals surface area contributed by atoms with Crippen molar-refractivity contribution in [3.8, 4) is 0 Å². The lowest BCUT2D eigenvalue weighted by molar-refractivity contribution is -0.123. The van der Waals surface area contributed by atoms with Gasteiger partial charge < -0.3 is 25.2 Å². The Morgan fingerprint density at radius 3 is 3.00 bits per heavy atom. The lowest BCUT2D eigenvalue weighted by Gasteiger charge is -2.31. The molecule has 0 aromatic carbocycles. The number of carbonyl (C=O) groups is 1. The predicted octanol–water partition coefficient (Wildman–Crippen LogP) is -2.40. The molecule has 2 unspecified atom stereocenters. The van der Waals surface area contributed by atoms with Crippen LogP contribution in [0.1, 0.15) is 0 Å². The molecule has 9 heteroatoms. The molecular formula is C10H13FN4O4. The van der Waals surface area contributed by atoms with Crippen molar-refractivity contribution >= 4 is 18.6 Å². The Labute approximate surface area is 107 Å². The van der Waals surface area contributed by atoms with Crippen LogP contribution in [0.4, 0.5) is 4.39 Å². The highest BCUT2D eigenvalue weighted by Gasteiger charge is 2.51. The quantitative estimate of drug-likeness (QED) is 0.519. The maximum atomic E-state index is 14.0. The van der Waals surface area contributed by atoms with E-state index in [1.165, 1.54) is 17.6 Å². The van der Waals surface area contributed by atoms with Crippen LogP contribution in [-0.4, -0.2) is 77.1 Å². The molecule has 3 aliphatic heterocycles. The van der Waals surface area contributed by atoms with Crippen molar-refractivity contribution in [2.45, 2.75) is 36.8 Å². The minimum absolute atomic E-state index is 0.327. The van der Waals surface area contributed by atoms with Gasteiger partial charge in [0.1, 0.15) is 12.2 Å². The maximum absolute atomic E-state index is 14.0. The highest BCUT2D eigenvalue weighted by Crippen LogP contribution is 2.30. The molecule has 0 aromatic heterocycles. The van der Waals surface area contributed by atoms with Gasteiger partial charge in [0.05, 0.1) is 19.3 Å². The molecule has 3 heterocycles. The normalized spacial score (nSPS) is 44.6. The van der Waals surface area contributed by atoms with E-state index in [0.717, 1.165) is 0 Å². The number of hydrogen-bond donors (Lipinski definition) is 3. The number of amides is 1. The molecule has 104 valence electrons. The van der Waals surface area contributed by atoms with Gasteiger partial charge in [-0.15, -0.1) is 0 Å². The fraction of sp³-hybridized carbons (Fsp3) is 0.700. The number of nitrogens with zero attached hydrogens (tertiary/aromatic N) is 3. The van der Waals surface area contributed by atoms with Crippen molar-refractivity contribution in [2.24, 2.45) is 9.98 Å². The molecule has 0 saturated carbocycles. The molecule has 1 fully saturated rings. The van der Waals surface area contributed by atoms with Gasteiger partial charge in [-0.2, -0.15) is 0 Å². The minimum atomic E-state index is -1.71. The van der Waals surface area contributed by atoms with Crippen LogP contribution in [-0.2, 0) is 9.53 Å². The molecular weight excluding hydrogens is 259 g/mol. The number of rotatable bonds is 2. The van der Waals surface area contributed by atoms with E-state index in [1.807, 2.05) is 0 Å². The van der Waals surface area contributed by atoms with Gasteiger partial charge in [-0.05, 0) is 0 Å². The first-order valence-corrected chi connectivity index (χ1v) is 5.84. The topological polar surface area (TPSA) is 107 Å². The third-order valence-corrected chi connectivity index (χ3v) is 3.42. The summed E-state index contributed by atoms with van der Waals surface area (Å²) in [5.74, 6) is -0.327. The number of hydrogen-bond acceptors (Lipinski definition) is 7. The van der Waals surface area contributed by atoms with Crippen LogP contribution in [0, 0.1) is 0 Å². The number of nitrogens with one attached hydrogen (secondary N) is 1. The van der Waals surface area contributed by atoms with Crippen molar-refractivity contribution in [3.63, 3.8) is 0 Å². The van der Waals surface area contributed by atoms with Gasteiger partial charge in [-0.25, -0.2) is 9.38 Å². The van der Waals surface area contributed by atoms with Gasteiger partial charge >= 0.3 is 0 Å². The molecule has 0 radical (unpaired) electrons. The van der Waals surface area contributed by atoms with Crippen molar-refractivity contribution in [3.05, 3.63) is 0 Å². The SMILES string of the molecule is O=C1NC=NC2C1N=CN2[C@@H]1O[C@H](CO)[C@@H](O)[C@H]1F. The number of alkyl halides is 1. The standard InChI is InChI=1S/C10H13FN4O4/c11-5-7(17)4(1-16)19-10(5)15-3-14-6-8(15)12-2-13-9(6)18/h2-8,10,16-17H,1H2,(H,12,13,18)/t4-,5-,6?,7-,8?,10-/m1/s1. The average molecular weight is 272 g/mol. The van der Waals surface area contributed by atoms with Crippen LogP contribution in [0.15, 0.2) is 9.98 Å². The zero-order chi connectivity index (χ0) is 13.6. The number of aliphatic hydroxyl groups excluding tert-OH is 2. The number of halogens is 1. The van der Waals surface area contributed by atoms with Gasteiger partial charge in [-0.3, -0.25) is 9.79 Å². The van der Waals surface area contributed by atoms with Gasteiger partial charge in [0.25, 0.3) is 5.91 Å². The second-order valence-corrected chi connectivity index (χ2v) is 4.54. The number of fused-ring (bicyclic) bond motifs is 1. The smallest absolute Gasteiger partial charge is 0.254 e. The van der Waals surface area contributed by atoms with E-state index in [-0.39, 0.29) is 5.91 Å². The van der Waals surface area contributed by atoms with E-state index in [1.54, 1.807) is 0 Å². The van der Waals surface area contributed by atoms with Crippen molar-refractivity contribution in [1.29, 1.82) is 0 Å². The average Bonchev–Trinajstić information content (AvgIpc) is 2.94. The molecule has 0 aliphatic carbocycles. The molecule has 0 spiro atoms. The molecule has 6 atom stereocenters. The third-order valence-electron chi connectivity index (χ3n) is 3.42. The van der Waals surface area contributed by atoms with Crippen molar-refractivity contribution < 1.29 is 24.1 Å². The Bertz CT molecular complexity index is 445. The lowest BCUT2D eigenvalue weighted by atomic mass is 10.1. The summed E-state index contributed by atoms with van der Waals surface area (Å²) in [6, 6.07) is -0.744. The van der Waals surface area contributed by atoms with Gasteiger partial charge in [0.2, 0.25) is 0 Å². The first kappa shape index (κ1) is 12.5. The van der Waals surface area contributed by atoms with Crippen LogP contribution >= 0.6 is 0 Å². The molecule has 1 amide bonds. The zero-order valence-corrected chi connectivity index (χ0v) is 9.76. The second-order valence-electron chi connectivity index (χ2n) is 4.54. The highest BCUT2D eigenvalue weighted by molar-refractivity contribution is 5.96. The molecule has 3 aliphatic rings. The van der Waals surface area contributed by atoms with E-state index in [0.29, 0.717) is 0 Å². The number of carbonyl (C=O) groups excluding carboxylic acids is 1. The summed E-state index contributed by atoms with van der Waals surface area (Å²) in [6.45, 7) is -0.485. The Balaban J connectivity index is 1.81. The minimum Gasteiger partial charge on any atom is -0.394 e. The van der Waals surface area contributed by atoms with Crippen molar-refractivity contribution in [2.75, 3.05) is 6.61 Å². The van der Waals surface area contributed by atoms with Gasteiger partial charge in [0.15, 0.2) is 24.6 Å². The monoisotopic (exact) mass is 272 g/mol. The Morgan fingerprint density at radius 1 is 1.53 bits per heavy atom. The number of aliphatic hydroxyl groups is 2. The first-order chi connectivity index (χ1) is 9.13. The fourth-order valence-corrected chi connectivity index (χ4v) is 2.39. The molecule has 1 saturated heterocycles. The summed E-state index contributed by atoms with van der Waals surface area (Å²) in [6.07, 6.45) is -3.38. The number of aliphatic imine (C=N–C) groups is 2. The summed E-state index contributed by atoms with van der Waals surface area (Å²) in [5.41, 5.74) is 0. The molecule has 0 bridgehead atoms. The molecule has 8 nitrogen and oxygen atoms in total. The third kappa shape index (κ3) is 1.81. The van der Waals surface area contributed by atoms with E-state index < -0.39 is 43.4 Å². The first-order valence-electron chi connectivity index (χ1n) is 5.84. The molecule has 0 aromatic rings. The van der Waals surface area contributed by atoms with Crippen LogP contribution in [0.25, 0.3) is 0 Å². The molecule has 3 rings (SSSR count). The summed E-state index contributed by atoms with van der Waals surface area (Å²) < 4.78 is 19.2. The molecule has 3 N–H and O–H groups in total. The summed E-state index contributed by atoms with van der Waals surface area (Å²) in [7, 11) is 0. The van der Waals surface area contributed by atoms with Crippen molar-refractivity contribution in [1.82, 2.24) is 10.2 Å². The second kappa shape index (κ2) is 4.51. The maximum Gasteiger partial charge on any atom is 0.254 e. The summed E-state index contributed by atoms with van der Waals surface area (Å²) in [5, 5.41) is 21.0. The van der Waals surface area contributed by atoms with E-state index in [9.17, 15) is 14.3 Å². The fourth-order valence-electron chi connectivity index (χ4n) is 2.39. The van der Waals surface area contributed by atoms with Gasteiger partial charge in [-0.1, -0.05) is 0 Å². The van der Waals surface area contributed by atoms with Crippen LogP contribution in [0.5, 0.6) is 0 Å². The number of ether oxygens (including phenoxy) is 1. The van der Waals surface area contributed by atoms with E-state index in [2.05, 4.69) is 15.3 Å². The highest BCUT2D eigenvalue weighted by atomic mass is 19.1. The Hall–Kier alpha value is -1.58. The predicted molar refractivity (Wildman–Crippen MR) is 61.2 cm³/mol. The molecule has 19 heavy (non-hydrogen) atoms. The largest absolute Gasteiger partial charge is 0.394 e. The zero-order valence-electron chi connectivity index (χ0n) is 9.76. The Morgan fingerprint density at radius 2 is 2.32 bits per heavy atom. The van der Waals surface area contributed by atoms with Crippen LogP contribution in [0.2, 0.25) is 0 Å². The Kier molecular flexibility index (Phi) is 2.96. The van der Waals surface area contributed by atoms with Crippen LogP contribution in [0.3, 0.4) is 0 Å². The van der Waals surface area contributed by atoms with Crippen LogP contribution < -0.4 is 5.32 Å². The summed E-state index contributed by atoms with van der Waals surface area (Å²) >= 11 is 0. The summed E-state index contributed by atoms with van der Waals surface area (Å²) in [4.78, 5) is 20.9. The van der Waals surface area contributed by atoms with E-state index in [4.69, 9.17) is 9.84 Å².